The zero-order chi connectivity index (χ0) is 33.4. The van der Waals surface area contributed by atoms with Gasteiger partial charge in [0.2, 0.25) is 29.5 Å². The number of likely N-dealkylation sites (tertiary alicyclic amines) is 1. The van der Waals surface area contributed by atoms with Crippen LogP contribution in [0.4, 0.5) is 5.69 Å². The van der Waals surface area contributed by atoms with Crippen molar-refractivity contribution >= 4 is 57.8 Å². The normalized spacial score (nSPS) is 18.7. The summed E-state index contributed by atoms with van der Waals surface area (Å²) in [7, 11) is 0. The summed E-state index contributed by atoms with van der Waals surface area (Å²) >= 11 is 2.26. The molecule has 2 aliphatic rings. The quantitative estimate of drug-likeness (QED) is 0.0692. The molecule has 10 heteroatoms. The molecule has 1 unspecified atom stereocenters. The Morgan fingerprint density at radius 3 is 2.16 bits per heavy atom. The standard InChI is InChI=1S/C35H53IN4O5/c1-33(2,3)23-24-13-15-25(16-14-24)38-29(42)27(12-10-19-36)39-32(45)35(17-11-18-35)31(44)37-20-8-7-9-21-40-28(41)22-26(30(40)43)34(4,5)6/h13-16,26-27H,7-12,17-23H2,1-6H3,(H,37,44)(H,38,42)(H,39,45)/t26?,27-/m0/s1. The summed E-state index contributed by atoms with van der Waals surface area (Å²) in [6.45, 7) is 13.3. The highest BCUT2D eigenvalue weighted by Crippen LogP contribution is 2.41. The molecular weight excluding hydrogens is 683 g/mol. The molecule has 2 fully saturated rings. The molecule has 2 atom stereocenters. The van der Waals surface area contributed by atoms with Gasteiger partial charge in [-0.1, -0.05) is 82.7 Å². The Balaban J connectivity index is 1.49. The molecule has 9 nitrogen and oxygen atoms in total. The van der Waals surface area contributed by atoms with Crippen molar-refractivity contribution in [3.63, 3.8) is 0 Å². The van der Waals surface area contributed by atoms with E-state index in [2.05, 4.69) is 59.3 Å². The van der Waals surface area contributed by atoms with E-state index in [4.69, 9.17) is 0 Å². The van der Waals surface area contributed by atoms with Crippen molar-refractivity contribution in [2.75, 3.05) is 22.8 Å². The zero-order valence-corrected chi connectivity index (χ0v) is 30.2. The average molecular weight is 737 g/mol. The Kier molecular flexibility index (Phi) is 13.0. The molecule has 5 amide bonds. The second kappa shape index (κ2) is 15.9. The van der Waals surface area contributed by atoms with Gasteiger partial charge in [0, 0.05) is 25.2 Å². The number of benzene rings is 1. The number of hydrogen-bond acceptors (Lipinski definition) is 5. The lowest BCUT2D eigenvalue weighted by atomic mass is 9.67. The predicted molar refractivity (Wildman–Crippen MR) is 186 cm³/mol. The van der Waals surface area contributed by atoms with Gasteiger partial charge in [-0.3, -0.25) is 28.9 Å². The fraction of sp³-hybridized carbons (Fsp3) is 0.686. The van der Waals surface area contributed by atoms with Gasteiger partial charge in [0.15, 0.2) is 0 Å². The van der Waals surface area contributed by atoms with E-state index in [1.165, 1.54) is 10.5 Å². The second-order valence-electron chi connectivity index (χ2n) is 15.0. The molecule has 1 aromatic rings. The van der Waals surface area contributed by atoms with Crippen molar-refractivity contribution in [3.05, 3.63) is 29.8 Å². The number of unbranched alkanes of at least 4 members (excludes halogenated alkanes) is 2. The minimum absolute atomic E-state index is 0.0850. The van der Waals surface area contributed by atoms with Gasteiger partial charge in [0.1, 0.15) is 11.5 Å². The highest BCUT2D eigenvalue weighted by molar-refractivity contribution is 14.1. The van der Waals surface area contributed by atoms with Gasteiger partial charge in [-0.2, -0.15) is 0 Å². The number of hydrogen-bond donors (Lipinski definition) is 3. The third kappa shape index (κ3) is 10.2. The second-order valence-corrected chi connectivity index (χ2v) is 16.1. The van der Waals surface area contributed by atoms with Crippen molar-refractivity contribution in [2.45, 2.75) is 112 Å². The maximum absolute atomic E-state index is 13.5. The van der Waals surface area contributed by atoms with Crippen LogP contribution in [0.2, 0.25) is 0 Å². The van der Waals surface area contributed by atoms with Crippen molar-refractivity contribution in [3.8, 4) is 0 Å². The molecular formula is C35H53IN4O5. The Bertz CT molecular complexity index is 1210. The number of halogens is 1. The molecule has 3 rings (SSSR count). The van der Waals surface area contributed by atoms with Crippen LogP contribution < -0.4 is 16.0 Å². The minimum atomic E-state index is -1.16. The molecule has 1 aliphatic carbocycles. The molecule has 45 heavy (non-hydrogen) atoms. The topological polar surface area (TPSA) is 125 Å². The maximum Gasteiger partial charge on any atom is 0.246 e. The summed E-state index contributed by atoms with van der Waals surface area (Å²) in [5.41, 5.74) is 0.631. The SMILES string of the molecule is CC(C)(C)Cc1ccc(NC(=O)[C@H](CCCI)NC(=O)C2(C(=O)NCCCCCN3C(=O)CC(C(C)(C)C)C3=O)CCC2)cc1. The van der Waals surface area contributed by atoms with Gasteiger partial charge in [-0.15, -0.1) is 0 Å². The van der Waals surface area contributed by atoms with Gasteiger partial charge >= 0.3 is 0 Å². The summed E-state index contributed by atoms with van der Waals surface area (Å²) in [5.74, 6) is -1.43. The Morgan fingerprint density at radius 1 is 0.956 bits per heavy atom. The van der Waals surface area contributed by atoms with E-state index in [-0.39, 0.29) is 52.7 Å². The number of nitrogens with zero attached hydrogens (tertiary/aromatic N) is 1. The highest BCUT2D eigenvalue weighted by atomic mass is 127. The molecule has 1 aliphatic heterocycles. The molecule has 0 spiro atoms. The summed E-state index contributed by atoms with van der Waals surface area (Å²) in [4.78, 5) is 66.5. The number of carbonyl (C=O) groups is 5. The van der Waals surface area contributed by atoms with Crippen LogP contribution in [0.3, 0.4) is 0 Å². The largest absolute Gasteiger partial charge is 0.355 e. The van der Waals surface area contributed by atoms with Crippen molar-refractivity contribution in [1.29, 1.82) is 0 Å². The molecule has 0 bridgehead atoms. The third-order valence-electron chi connectivity index (χ3n) is 8.91. The van der Waals surface area contributed by atoms with E-state index in [9.17, 15) is 24.0 Å². The van der Waals surface area contributed by atoms with Crippen LogP contribution in [0.15, 0.2) is 24.3 Å². The van der Waals surface area contributed by atoms with Crippen molar-refractivity contribution in [1.82, 2.24) is 15.5 Å². The van der Waals surface area contributed by atoms with Crippen molar-refractivity contribution in [2.24, 2.45) is 22.2 Å². The fourth-order valence-electron chi connectivity index (χ4n) is 6.02. The summed E-state index contributed by atoms with van der Waals surface area (Å²) in [6.07, 6.45) is 6.22. The van der Waals surface area contributed by atoms with Crippen molar-refractivity contribution < 1.29 is 24.0 Å². The number of nitrogens with one attached hydrogen (secondary N) is 3. The smallest absolute Gasteiger partial charge is 0.246 e. The number of carbonyl (C=O) groups excluding carboxylic acids is 5. The van der Waals surface area contributed by atoms with Crippen LogP contribution in [0, 0.1) is 22.2 Å². The molecule has 1 aromatic carbocycles. The minimum Gasteiger partial charge on any atom is -0.355 e. The van der Waals surface area contributed by atoms with E-state index in [0.717, 1.165) is 30.1 Å². The summed E-state index contributed by atoms with van der Waals surface area (Å²) in [6, 6.07) is 7.07. The molecule has 1 saturated carbocycles. The molecule has 1 heterocycles. The highest BCUT2D eigenvalue weighted by Gasteiger charge is 2.51. The van der Waals surface area contributed by atoms with Crippen LogP contribution in [-0.4, -0.2) is 58.0 Å². The van der Waals surface area contributed by atoms with Crippen LogP contribution in [0.1, 0.15) is 105 Å². The first kappa shape index (κ1) is 37.0. The average Bonchev–Trinajstić information content (AvgIpc) is 3.21. The first-order valence-electron chi connectivity index (χ1n) is 16.5. The maximum atomic E-state index is 13.5. The number of alkyl halides is 1. The predicted octanol–water partition coefficient (Wildman–Crippen LogP) is 5.79. The number of rotatable bonds is 15. The monoisotopic (exact) mass is 736 g/mol. The van der Waals surface area contributed by atoms with E-state index in [1.54, 1.807) is 0 Å². The van der Waals surface area contributed by atoms with Crippen LogP contribution in [0.5, 0.6) is 0 Å². The Labute approximate surface area is 282 Å². The van der Waals surface area contributed by atoms with Crippen LogP contribution in [-0.2, 0) is 30.4 Å². The number of anilines is 1. The van der Waals surface area contributed by atoms with Gasteiger partial charge in [0.25, 0.3) is 0 Å². The van der Waals surface area contributed by atoms with Gasteiger partial charge in [-0.25, -0.2) is 0 Å². The molecule has 0 aromatic heterocycles. The number of amides is 5. The lowest BCUT2D eigenvalue weighted by Gasteiger charge is -2.39. The first-order chi connectivity index (χ1) is 21.1. The molecule has 3 N–H and O–H groups in total. The third-order valence-corrected chi connectivity index (χ3v) is 9.68. The first-order valence-corrected chi connectivity index (χ1v) is 18.0. The molecule has 250 valence electrons. The Hall–Kier alpha value is -2.50. The fourth-order valence-corrected chi connectivity index (χ4v) is 6.46. The Morgan fingerprint density at radius 2 is 1.62 bits per heavy atom. The number of imide groups is 1. The summed E-state index contributed by atoms with van der Waals surface area (Å²) in [5, 5.41) is 8.80. The van der Waals surface area contributed by atoms with E-state index in [1.807, 2.05) is 45.0 Å². The van der Waals surface area contributed by atoms with Gasteiger partial charge in [0.05, 0.1) is 5.92 Å². The lowest BCUT2D eigenvalue weighted by molar-refractivity contribution is -0.151. The lowest BCUT2D eigenvalue weighted by Crippen LogP contribution is -2.58. The van der Waals surface area contributed by atoms with Gasteiger partial charge < -0.3 is 16.0 Å². The zero-order valence-electron chi connectivity index (χ0n) is 28.0. The molecule has 1 saturated heterocycles. The van der Waals surface area contributed by atoms with E-state index < -0.39 is 11.5 Å². The van der Waals surface area contributed by atoms with Crippen LogP contribution in [0.25, 0.3) is 0 Å². The van der Waals surface area contributed by atoms with Crippen LogP contribution >= 0.6 is 22.6 Å². The molecule has 0 radical (unpaired) electrons. The summed E-state index contributed by atoms with van der Waals surface area (Å²) < 4.78 is 0.849. The van der Waals surface area contributed by atoms with E-state index in [0.29, 0.717) is 50.9 Å². The van der Waals surface area contributed by atoms with Gasteiger partial charge in [-0.05, 0) is 84.3 Å². The van der Waals surface area contributed by atoms with E-state index >= 15 is 0 Å².